The lowest BCUT2D eigenvalue weighted by Gasteiger charge is -2.18. The molecule has 0 spiro atoms. The lowest BCUT2D eigenvalue weighted by molar-refractivity contribution is 0.687. The maximum Gasteiger partial charge on any atom is 0.0898 e. The van der Waals surface area contributed by atoms with Gasteiger partial charge in [-0.25, -0.2) is 4.98 Å². The minimum absolute atomic E-state index is 0.176. The van der Waals surface area contributed by atoms with Gasteiger partial charge >= 0.3 is 0 Å². The highest BCUT2D eigenvalue weighted by molar-refractivity contribution is 7.09. The highest BCUT2D eigenvalue weighted by atomic mass is 32.1. The van der Waals surface area contributed by atoms with Gasteiger partial charge in [0.15, 0.2) is 0 Å². The van der Waals surface area contributed by atoms with Crippen LogP contribution in [0, 0.1) is 18.3 Å². The van der Waals surface area contributed by atoms with E-state index in [2.05, 4.69) is 28.7 Å². The molecule has 2 aromatic rings. The molecule has 0 bridgehead atoms. The van der Waals surface area contributed by atoms with E-state index in [9.17, 15) is 0 Å². The fourth-order valence-electron chi connectivity index (χ4n) is 1.95. The summed E-state index contributed by atoms with van der Waals surface area (Å²) in [5.74, 6) is 0. The minimum atomic E-state index is -0.448. The minimum Gasteiger partial charge on any atom is -0.377 e. The highest BCUT2D eigenvalue weighted by Gasteiger charge is 2.19. The van der Waals surface area contributed by atoms with Crippen LogP contribution in [0.15, 0.2) is 29.6 Å². The third kappa shape index (κ3) is 3.17. The molecular formula is C16H19N3S. The summed E-state index contributed by atoms with van der Waals surface area (Å²) in [6.45, 7) is 7.97. The van der Waals surface area contributed by atoms with Crippen LogP contribution in [0.3, 0.4) is 0 Å². The molecule has 1 N–H and O–H groups in total. The standard InChI is InChI=1S/C16H19N3S/c1-11(15-9-20-12(2)19-15)18-14-7-5-13(6-8-14)16(3,4)10-17/h5-9,11,18H,1-4H3. The van der Waals surface area contributed by atoms with Crippen molar-refractivity contribution in [1.82, 2.24) is 4.98 Å². The lowest BCUT2D eigenvalue weighted by Crippen LogP contribution is -2.14. The molecule has 0 saturated carbocycles. The Kier molecular flexibility index (Phi) is 4.10. The normalized spacial score (nSPS) is 12.8. The predicted molar refractivity (Wildman–Crippen MR) is 84.0 cm³/mol. The van der Waals surface area contributed by atoms with Crippen molar-refractivity contribution in [2.24, 2.45) is 0 Å². The molecule has 104 valence electrons. The summed E-state index contributed by atoms with van der Waals surface area (Å²) in [5.41, 5.74) is 2.69. The number of nitrogens with one attached hydrogen (secondary N) is 1. The Labute approximate surface area is 124 Å². The monoisotopic (exact) mass is 285 g/mol. The number of nitrogens with zero attached hydrogens (tertiary/aromatic N) is 2. The van der Waals surface area contributed by atoms with Crippen molar-refractivity contribution >= 4 is 17.0 Å². The van der Waals surface area contributed by atoms with E-state index >= 15 is 0 Å². The van der Waals surface area contributed by atoms with Gasteiger partial charge in [-0.05, 0) is 45.4 Å². The van der Waals surface area contributed by atoms with Crippen molar-refractivity contribution in [3.63, 3.8) is 0 Å². The summed E-state index contributed by atoms with van der Waals surface area (Å²) < 4.78 is 0. The molecule has 0 aliphatic heterocycles. The molecule has 2 rings (SSSR count). The SMILES string of the molecule is Cc1nc(C(C)Nc2ccc(C(C)(C)C#N)cc2)cs1. The zero-order chi connectivity index (χ0) is 14.8. The van der Waals surface area contributed by atoms with Crippen molar-refractivity contribution in [3.8, 4) is 6.07 Å². The lowest BCUT2D eigenvalue weighted by atomic mass is 9.86. The van der Waals surface area contributed by atoms with Gasteiger partial charge in [0.25, 0.3) is 0 Å². The molecule has 1 heterocycles. The second-order valence-electron chi connectivity index (χ2n) is 5.47. The maximum absolute atomic E-state index is 9.14. The molecular weight excluding hydrogens is 266 g/mol. The Balaban J connectivity index is 2.10. The first-order valence-electron chi connectivity index (χ1n) is 6.63. The number of aryl methyl sites for hydroxylation is 1. The van der Waals surface area contributed by atoms with Crippen LogP contribution in [-0.2, 0) is 5.41 Å². The van der Waals surface area contributed by atoms with Crippen LogP contribution in [0.5, 0.6) is 0 Å². The number of rotatable bonds is 4. The van der Waals surface area contributed by atoms with Gasteiger partial charge in [-0.2, -0.15) is 5.26 Å². The number of hydrogen-bond donors (Lipinski definition) is 1. The number of aromatic nitrogens is 1. The molecule has 0 radical (unpaired) electrons. The summed E-state index contributed by atoms with van der Waals surface area (Å²) in [4.78, 5) is 4.49. The third-order valence-electron chi connectivity index (χ3n) is 3.35. The molecule has 0 fully saturated rings. The number of hydrogen-bond acceptors (Lipinski definition) is 4. The largest absolute Gasteiger partial charge is 0.377 e. The summed E-state index contributed by atoms with van der Waals surface area (Å²) in [6.07, 6.45) is 0. The molecule has 1 aromatic heterocycles. The van der Waals surface area contributed by atoms with E-state index < -0.39 is 5.41 Å². The molecule has 3 nitrogen and oxygen atoms in total. The zero-order valence-corrected chi connectivity index (χ0v) is 13.1. The molecule has 0 saturated heterocycles. The van der Waals surface area contributed by atoms with E-state index in [0.29, 0.717) is 0 Å². The summed E-state index contributed by atoms with van der Waals surface area (Å²) >= 11 is 1.66. The fraction of sp³-hybridized carbons (Fsp3) is 0.375. The van der Waals surface area contributed by atoms with Crippen molar-refractivity contribution in [2.75, 3.05) is 5.32 Å². The van der Waals surface area contributed by atoms with Gasteiger partial charge in [0.2, 0.25) is 0 Å². The van der Waals surface area contributed by atoms with Gasteiger partial charge in [0.1, 0.15) is 0 Å². The Bertz CT molecular complexity index is 620. The second-order valence-corrected chi connectivity index (χ2v) is 6.53. The first kappa shape index (κ1) is 14.5. The van der Waals surface area contributed by atoms with Crippen LogP contribution in [0.1, 0.15) is 43.1 Å². The first-order chi connectivity index (χ1) is 9.42. The Morgan fingerprint density at radius 3 is 2.45 bits per heavy atom. The van der Waals surface area contributed by atoms with Crippen molar-refractivity contribution in [3.05, 3.63) is 45.9 Å². The Morgan fingerprint density at radius 2 is 1.95 bits per heavy atom. The molecule has 0 amide bonds. The predicted octanol–water partition coefficient (Wildman–Crippen LogP) is 4.43. The van der Waals surface area contributed by atoms with Gasteiger partial charge in [-0.15, -0.1) is 11.3 Å². The van der Waals surface area contributed by atoms with Crippen molar-refractivity contribution in [1.29, 1.82) is 5.26 Å². The molecule has 0 aliphatic rings. The van der Waals surface area contributed by atoms with E-state index in [4.69, 9.17) is 5.26 Å². The molecule has 4 heteroatoms. The van der Waals surface area contributed by atoms with E-state index in [1.165, 1.54) is 0 Å². The average Bonchev–Trinajstić information content (AvgIpc) is 2.86. The van der Waals surface area contributed by atoms with Gasteiger partial charge in [0.05, 0.1) is 28.2 Å². The van der Waals surface area contributed by atoms with Gasteiger partial charge < -0.3 is 5.32 Å². The van der Waals surface area contributed by atoms with Crippen LogP contribution in [0.25, 0.3) is 0 Å². The van der Waals surface area contributed by atoms with Crippen LogP contribution >= 0.6 is 11.3 Å². The van der Waals surface area contributed by atoms with Crippen molar-refractivity contribution in [2.45, 2.75) is 39.2 Å². The van der Waals surface area contributed by atoms with Crippen LogP contribution in [-0.4, -0.2) is 4.98 Å². The van der Waals surface area contributed by atoms with Gasteiger partial charge in [-0.3, -0.25) is 0 Å². The van der Waals surface area contributed by atoms with Gasteiger partial charge in [-0.1, -0.05) is 12.1 Å². The molecule has 1 atom stereocenters. The van der Waals surface area contributed by atoms with E-state index in [0.717, 1.165) is 22.0 Å². The second kappa shape index (κ2) is 5.64. The fourth-order valence-corrected chi connectivity index (χ4v) is 2.66. The third-order valence-corrected chi connectivity index (χ3v) is 4.14. The van der Waals surface area contributed by atoms with E-state index in [1.54, 1.807) is 11.3 Å². The summed E-state index contributed by atoms with van der Waals surface area (Å²) in [5, 5.41) is 15.7. The molecule has 1 aromatic carbocycles. The Hall–Kier alpha value is -1.86. The topological polar surface area (TPSA) is 48.7 Å². The first-order valence-corrected chi connectivity index (χ1v) is 7.51. The molecule has 0 aliphatic carbocycles. The van der Waals surface area contributed by atoms with Crippen molar-refractivity contribution < 1.29 is 0 Å². The highest BCUT2D eigenvalue weighted by Crippen LogP contribution is 2.25. The quantitative estimate of drug-likeness (QED) is 0.904. The Morgan fingerprint density at radius 1 is 1.30 bits per heavy atom. The number of benzene rings is 1. The number of anilines is 1. The smallest absolute Gasteiger partial charge is 0.0898 e. The molecule has 1 unspecified atom stereocenters. The van der Waals surface area contributed by atoms with Gasteiger partial charge in [0, 0.05) is 11.1 Å². The maximum atomic E-state index is 9.14. The van der Waals surface area contributed by atoms with E-state index in [-0.39, 0.29) is 6.04 Å². The van der Waals surface area contributed by atoms with Crippen LogP contribution in [0.4, 0.5) is 5.69 Å². The zero-order valence-electron chi connectivity index (χ0n) is 12.3. The number of thiazole rings is 1. The molecule has 20 heavy (non-hydrogen) atoms. The van der Waals surface area contributed by atoms with Crippen LogP contribution in [0.2, 0.25) is 0 Å². The van der Waals surface area contributed by atoms with Crippen LogP contribution < -0.4 is 5.32 Å². The summed E-state index contributed by atoms with van der Waals surface area (Å²) in [6, 6.07) is 10.5. The number of nitriles is 1. The summed E-state index contributed by atoms with van der Waals surface area (Å²) in [7, 11) is 0. The van der Waals surface area contributed by atoms with E-state index in [1.807, 2.05) is 45.0 Å². The average molecular weight is 285 g/mol.